The Morgan fingerprint density at radius 3 is 2.78 bits per heavy atom. The standard InChI is InChI=1S/C18H22ClN5O2S/c1-11-20-21-18-24(11)22-15(12-6-7-14(26-2)13(19)10-12)16(27-18)17(25)23-8-4-3-5-9-23/h6-7,10,15-16,22H,3-5,8-9H2,1-2H3/t15-,16+/m0/s1. The first-order valence-corrected chi connectivity index (χ1v) is 10.3. The Bertz CT molecular complexity index is 852. The van der Waals surface area contributed by atoms with Crippen LogP contribution in [0.2, 0.25) is 5.02 Å². The number of benzene rings is 1. The molecule has 0 radical (unpaired) electrons. The van der Waals surface area contributed by atoms with Gasteiger partial charge in [-0.1, -0.05) is 29.4 Å². The number of hydrogen-bond donors (Lipinski definition) is 1. The van der Waals surface area contributed by atoms with Gasteiger partial charge < -0.3 is 15.1 Å². The summed E-state index contributed by atoms with van der Waals surface area (Å²) >= 11 is 7.81. The van der Waals surface area contributed by atoms with Crippen LogP contribution in [0.5, 0.6) is 5.75 Å². The molecule has 1 aromatic heterocycles. The number of piperidine rings is 1. The topological polar surface area (TPSA) is 72.3 Å². The van der Waals surface area contributed by atoms with Crippen molar-refractivity contribution < 1.29 is 9.53 Å². The number of halogens is 1. The lowest BCUT2D eigenvalue weighted by atomic mass is 10.0. The molecule has 1 fully saturated rings. The summed E-state index contributed by atoms with van der Waals surface area (Å²) in [5, 5.41) is 9.24. The van der Waals surface area contributed by atoms with Crippen LogP contribution in [-0.2, 0) is 4.79 Å². The number of amides is 1. The van der Waals surface area contributed by atoms with Gasteiger partial charge in [0.05, 0.1) is 18.2 Å². The lowest BCUT2D eigenvalue weighted by Gasteiger charge is -2.37. The first-order chi connectivity index (χ1) is 13.1. The molecule has 0 saturated carbocycles. The van der Waals surface area contributed by atoms with Gasteiger partial charge in [0.25, 0.3) is 0 Å². The van der Waals surface area contributed by atoms with E-state index in [1.54, 1.807) is 7.11 Å². The molecule has 9 heteroatoms. The zero-order valence-electron chi connectivity index (χ0n) is 15.3. The molecule has 1 saturated heterocycles. The van der Waals surface area contributed by atoms with E-state index in [0.29, 0.717) is 15.9 Å². The number of thioether (sulfide) groups is 1. The Morgan fingerprint density at radius 1 is 1.30 bits per heavy atom. The van der Waals surface area contributed by atoms with E-state index < -0.39 is 0 Å². The number of methoxy groups -OCH3 is 1. The molecule has 27 heavy (non-hydrogen) atoms. The molecular weight excluding hydrogens is 386 g/mol. The summed E-state index contributed by atoms with van der Waals surface area (Å²) < 4.78 is 7.10. The number of carbonyl (C=O) groups is 1. The molecule has 0 spiro atoms. The largest absolute Gasteiger partial charge is 0.495 e. The second-order valence-electron chi connectivity index (χ2n) is 6.79. The molecule has 4 rings (SSSR count). The highest BCUT2D eigenvalue weighted by atomic mass is 35.5. The lowest BCUT2D eigenvalue weighted by molar-refractivity contribution is -0.131. The molecule has 2 aliphatic heterocycles. The number of hydrogen-bond acceptors (Lipinski definition) is 6. The van der Waals surface area contributed by atoms with Crippen molar-refractivity contribution in [2.45, 2.75) is 42.6 Å². The molecule has 7 nitrogen and oxygen atoms in total. The van der Waals surface area contributed by atoms with Crippen LogP contribution in [0.15, 0.2) is 23.4 Å². The first-order valence-electron chi connectivity index (χ1n) is 9.06. The zero-order chi connectivity index (χ0) is 19.0. The Morgan fingerprint density at radius 2 is 2.07 bits per heavy atom. The van der Waals surface area contributed by atoms with Crippen molar-refractivity contribution >= 4 is 29.3 Å². The van der Waals surface area contributed by atoms with Crippen LogP contribution in [0, 0.1) is 6.92 Å². The van der Waals surface area contributed by atoms with Gasteiger partial charge in [0.2, 0.25) is 11.1 Å². The summed E-state index contributed by atoms with van der Waals surface area (Å²) in [6.45, 7) is 3.52. The second-order valence-corrected chi connectivity index (χ2v) is 8.31. The van der Waals surface area contributed by atoms with E-state index in [1.807, 2.05) is 34.7 Å². The third kappa shape index (κ3) is 3.48. The van der Waals surface area contributed by atoms with Crippen molar-refractivity contribution in [3.05, 3.63) is 34.6 Å². The fourth-order valence-corrected chi connectivity index (χ4v) is 5.04. The number of carbonyl (C=O) groups excluding carboxylic acids is 1. The van der Waals surface area contributed by atoms with Crippen LogP contribution in [0.1, 0.15) is 36.7 Å². The minimum absolute atomic E-state index is 0.135. The number of nitrogens with one attached hydrogen (secondary N) is 1. The second kappa shape index (κ2) is 7.59. The molecule has 1 N–H and O–H groups in total. The predicted octanol–water partition coefficient (Wildman–Crippen LogP) is 3.02. The fraction of sp³-hybridized carbons (Fsp3) is 0.500. The number of likely N-dealkylation sites (tertiary alicyclic amines) is 1. The SMILES string of the molecule is COc1ccc([C@@H]2Nn3c(C)nnc3S[C@H]2C(=O)N2CCCCC2)cc1Cl. The average molecular weight is 408 g/mol. The van der Waals surface area contributed by atoms with E-state index in [2.05, 4.69) is 15.6 Å². The van der Waals surface area contributed by atoms with E-state index in [4.69, 9.17) is 16.3 Å². The van der Waals surface area contributed by atoms with Gasteiger partial charge in [0, 0.05) is 13.1 Å². The van der Waals surface area contributed by atoms with Crippen LogP contribution in [0.3, 0.4) is 0 Å². The molecule has 0 aliphatic carbocycles. The number of rotatable bonds is 3. The molecule has 2 atom stereocenters. The maximum atomic E-state index is 13.3. The monoisotopic (exact) mass is 407 g/mol. The normalized spacial score (nSPS) is 22.1. The van der Waals surface area contributed by atoms with Crippen molar-refractivity contribution in [2.75, 3.05) is 25.6 Å². The van der Waals surface area contributed by atoms with Crippen LogP contribution in [0.25, 0.3) is 0 Å². The summed E-state index contributed by atoms with van der Waals surface area (Å²) in [7, 11) is 1.59. The van der Waals surface area contributed by atoms with E-state index in [0.717, 1.165) is 37.3 Å². The van der Waals surface area contributed by atoms with Crippen LogP contribution in [0.4, 0.5) is 0 Å². The highest BCUT2D eigenvalue weighted by Gasteiger charge is 2.39. The van der Waals surface area contributed by atoms with E-state index >= 15 is 0 Å². The summed E-state index contributed by atoms with van der Waals surface area (Å²) in [5.74, 6) is 1.51. The molecule has 1 aromatic carbocycles. The minimum atomic E-state index is -0.330. The highest BCUT2D eigenvalue weighted by Crippen LogP contribution is 2.39. The Hall–Kier alpha value is -1.93. The minimum Gasteiger partial charge on any atom is -0.495 e. The van der Waals surface area contributed by atoms with Gasteiger partial charge >= 0.3 is 0 Å². The van der Waals surface area contributed by atoms with Crippen molar-refractivity contribution in [1.29, 1.82) is 0 Å². The van der Waals surface area contributed by atoms with E-state index in [1.165, 1.54) is 18.2 Å². The molecule has 0 unspecified atom stereocenters. The van der Waals surface area contributed by atoms with Crippen LogP contribution < -0.4 is 10.2 Å². The van der Waals surface area contributed by atoms with Gasteiger partial charge in [0.15, 0.2) is 0 Å². The predicted molar refractivity (Wildman–Crippen MR) is 105 cm³/mol. The van der Waals surface area contributed by atoms with E-state index in [-0.39, 0.29) is 17.2 Å². The number of fused-ring (bicyclic) bond motifs is 1. The number of aryl methyl sites for hydroxylation is 1. The molecular formula is C18H22ClN5O2S. The Balaban J connectivity index is 1.69. The van der Waals surface area contributed by atoms with Gasteiger partial charge in [-0.25, -0.2) is 4.68 Å². The zero-order valence-corrected chi connectivity index (χ0v) is 16.9. The molecule has 0 bridgehead atoms. The van der Waals surface area contributed by atoms with Gasteiger partial charge in [-0.05, 0) is 43.9 Å². The summed E-state index contributed by atoms with van der Waals surface area (Å²) in [5.41, 5.74) is 4.35. The van der Waals surface area contributed by atoms with Crippen molar-refractivity contribution in [3.8, 4) is 5.75 Å². The van der Waals surface area contributed by atoms with Gasteiger partial charge in [0.1, 0.15) is 16.8 Å². The van der Waals surface area contributed by atoms with Crippen LogP contribution >= 0.6 is 23.4 Å². The fourth-order valence-electron chi connectivity index (χ4n) is 3.57. The van der Waals surface area contributed by atoms with E-state index in [9.17, 15) is 4.79 Å². The quantitative estimate of drug-likeness (QED) is 0.843. The summed E-state index contributed by atoms with van der Waals surface area (Å²) in [4.78, 5) is 15.3. The third-order valence-electron chi connectivity index (χ3n) is 5.04. The molecule has 1 amide bonds. The van der Waals surface area contributed by atoms with Gasteiger partial charge in [-0.3, -0.25) is 4.79 Å². The van der Waals surface area contributed by atoms with Crippen molar-refractivity contribution in [2.24, 2.45) is 0 Å². The molecule has 2 aromatic rings. The lowest BCUT2D eigenvalue weighted by Crippen LogP contribution is -2.47. The van der Waals surface area contributed by atoms with Gasteiger partial charge in [-0.2, -0.15) is 0 Å². The maximum absolute atomic E-state index is 13.3. The molecule has 2 aliphatic rings. The molecule has 3 heterocycles. The van der Waals surface area contributed by atoms with Crippen molar-refractivity contribution in [3.63, 3.8) is 0 Å². The Labute approximate surface area is 167 Å². The summed E-state index contributed by atoms with van der Waals surface area (Å²) in [6, 6.07) is 5.40. The first kappa shape index (κ1) is 18.4. The summed E-state index contributed by atoms with van der Waals surface area (Å²) in [6.07, 6.45) is 3.31. The third-order valence-corrected chi connectivity index (χ3v) is 6.54. The average Bonchev–Trinajstić information content (AvgIpc) is 3.07. The Kier molecular flexibility index (Phi) is 5.19. The highest BCUT2D eigenvalue weighted by molar-refractivity contribution is 8.00. The number of ether oxygens (including phenoxy) is 1. The van der Waals surface area contributed by atoms with Gasteiger partial charge in [-0.15, -0.1) is 10.2 Å². The molecule has 144 valence electrons. The van der Waals surface area contributed by atoms with Crippen LogP contribution in [-0.4, -0.2) is 51.1 Å². The smallest absolute Gasteiger partial charge is 0.238 e. The number of aromatic nitrogens is 3. The van der Waals surface area contributed by atoms with Crippen molar-refractivity contribution in [1.82, 2.24) is 19.8 Å². The number of nitrogens with zero attached hydrogens (tertiary/aromatic N) is 4. The maximum Gasteiger partial charge on any atom is 0.238 e.